The first-order valence-electron chi connectivity index (χ1n) is 10.5. The third kappa shape index (κ3) is 2.73. The van der Waals surface area contributed by atoms with Gasteiger partial charge in [0.05, 0.1) is 18.1 Å². The Morgan fingerprint density at radius 1 is 1.19 bits per heavy atom. The van der Waals surface area contributed by atoms with Gasteiger partial charge < -0.3 is 10.1 Å². The minimum absolute atomic E-state index is 0.173. The monoisotopic (exact) mass is 443 g/mol. The third-order valence-corrected chi connectivity index (χ3v) is 7.41. The van der Waals surface area contributed by atoms with Crippen molar-refractivity contribution in [1.82, 2.24) is 4.98 Å². The van der Waals surface area contributed by atoms with E-state index in [2.05, 4.69) is 16.4 Å². The van der Waals surface area contributed by atoms with Gasteiger partial charge in [-0.15, -0.1) is 11.3 Å². The quantitative estimate of drug-likeness (QED) is 0.594. The summed E-state index contributed by atoms with van der Waals surface area (Å²) in [7, 11) is 0. The van der Waals surface area contributed by atoms with E-state index in [4.69, 9.17) is 4.74 Å². The van der Waals surface area contributed by atoms with E-state index in [9.17, 15) is 14.9 Å². The molecule has 1 atom stereocenters. The molecule has 2 bridgehead atoms. The molecule has 0 saturated heterocycles. The number of nitrogens with one attached hydrogen (secondary N) is 1. The summed E-state index contributed by atoms with van der Waals surface area (Å²) in [6.07, 6.45) is 0.372. The number of thiazole rings is 1. The van der Waals surface area contributed by atoms with Crippen LogP contribution < -0.4 is 5.32 Å². The van der Waals surface area contributed by atoms with E-state index < -0.39 is 16.8 Å². The molecule has 1 unspecified atom stereocenters. The van der Waals surface area contributed by atoms with Gasteiger partial charge in [0.25, 0.3) is 0 Å². The van der Waals surface area contributed by atoms with Gasteiger partial charge in [-0.2, -0.15) is 5.26 Å². The van der Waals surface area contributed by atoms with Gasteiger partial charge in [-0.1, -0.05) is 48.5 Å². The van der Waals surface area contributed by atoms with Crippen LogP contribution in [-0.2, 0) is 14.9 Å². The van der Waals surface area contributed by atoms with Crippen LogP contribution in [0.1, 0.15) is 58.9 Å². The summed E-state index contributed by atoms with van der Waals surface area (Å²) in [4.78, 5) is 29.9. The molecule has 6 rings (SSSR count). The molecule has 7 heteroatoms. The number of carbonyl (C=O) groups is 2. The minimum Gasteiger partial charge on any atom is -0.461 e. The van der Waals surface area contributed by atoms with Crippen molar-refractivity contribution in [3.8, 4) is 6.07 Å². The van der Waals surface area contributed by atoms with Crippen molar-refractivity contribution in [2.75, 3.05) is 11.9 Å². The van der Waals surface area contributed by atoms with Crippen molar-refractivity contribution >= 4 is 28.3 Å². The summed E-state index contributed by atoms with van der Waals surface area (Å²) in [5.41, 5.74) is 2.41. The second-order valence-corrected chi connectivity index (χ2v) is 9.29. The molecule has 1 amide bonds. The maximum atomic E-state index is 13.7. The predicted molar refractivity (Wildman–Crippen MR) is 121 cm³/mol. The van der Waals surface area contributed by atoms with Gasteiger partial charge in [-0.05, 0) is 42.5 Å². The maximum Gasteiger partial charge on any atom is 0.357 e. The van der Waals surface area contributed by atoms with E-state index in [1.807, 2.05) is 55.5 Å². The fourth-order valence-corrected chi connectivity index (χ4v) is 6.03. The molecule has 3 aliphatic rings. The lowest BCUT2D eigenvalue weighted by Gasteiger charge is -2.54. The highest BCUT2D eigenvalue weighted by atomic mass is 32.1. The Bertz CT molecular complexity index is 1240. The Morgan fingerprint density at radius 2 is 1.81 bits per heavy atom. The fraction of sp³-hybridized carbons (Fsp3) is 0.280. The number of hydrogen-bond donors (Lipinski definition) is 1. The van der Waals surface area contributed by atoms with E-state index in [-0.39, 0.29) is 24.1 Å². The molecule has 3 aliphatic carbocycles. The number of nitriles is 1. The summed E-state index contributed by atoms with van der Waals surface area (Å²) in [6, 6.07) is 18.4. The number of aromatic nitrogens is 1. The van der Waals surface area contributed by atoms with Crippen LogP contribution in [0.4, 0.5) is 5.13 Å². The lowest BCUT2D eigenvalue weighted by Crippen LogP contribution is -2.53. The Hall–Kier alpha value is -3.50. The molecule has 0 fully saturated rings. The highest BCUT2D eigenvalue weighted by molar-refractivity contribution is 7.14. The average molecular weight is 444 g/mol. The molecule has 0 saturated carbocycles. The van der Waals surface area contributed by atoms with Crippen LogP contribution in [0.25, 0.3) is 0 Å². The maximum absolute atomic E-state index is 13.7. The second kappa shape index (κ2) is 7.28. The zero-order valence-electron chi connectivity index (χ0n) is 17.7. The number of rotatable bonds is 4. The molecule has 160 valence electrons. The van der Waals surface area contributed by atoms with Gasteiger partial charge in [0, 0.05) is 11.3 Å². The van der Waals surface area contributed by atoms with E-state index in [0.717, 1.165) is 22.3 Å². The number of hydrogen-bond acceptors (Lipinski definition) is 6. The number of benzene rings is 2. The van der Waals surface area contributed by atoms with Gasteiger partial charge >= 0.3 is 5.97 Å². The van der Waals surface area contributed by atoms with Crippen molar-refractivity contribution < 1.29 is 14.3 Å². The Morgan fingerprint density at radius 3 is 2.41 bits per heavy atom. The smallest absolute Gasteiger partial charge is 0.357 e. The first-order chi connectivity index (χ1) is 15.4. The molecule has 1 N–H and O–H groups in total. The molecule has 1 aromatic heterocycles. The van der Waals surface area contributed by atoms with Crippen molar-refractivity contribution in [1.29, 1.82) is 5.26 Å². The molecule has 3 aromatic rings. The van der Waals surface area contributed by atoms with Gasteiger partial charge in [-0.3, -0.25) is 4.79 Å². The molecular formula is C25H21N3O3S. The average Bonchev–Trinajstić information content (AvgIpc) is 3.28. The standard InChI is InChI=1S/C25H21N3O3S/c1-3-31-21(29)19-12-32-23(27-19)28-22(30)24(2)13-25(14-26)17-10-6-4-8-15(17)20(24)16-9-5-7-11-18(16)25/h4-12,20H,3,13H2,1-2H3,(H,27,28,30). The predicted octanol–water partition coefficient (Wildman–Crippen LogP) is 4.62. The molecular weight excluding hydrogens is 422 g/mol. The SMILES string of the molecule is CCOC(=O)c1csc(NC(=O)C2(C)CC3(C#N)c4ccccc4C2c2ccccc23)n1. The van der Waals surface area contributed by atoms with Crippen LogP contribution >= 0.6 is 11.3 Å². The number of amides is 1. The summed E-state index contributed by atoms with van der Waals surface area (Å²) >= 11 is 1.18. The topological polar surface area (TPSA) is 92.1 Å². The van der Waals surface area contributed by atoms with Crippen LogP contribution in [0, 0.1) is 16.7 Å². The van der Waals surface area contributed by atoms with Crippen molar-refractivity contribution in [2.45, 2.75) is 31.6 Å². The summed E-state index contributed by atoms with van der Waals surface area (Å²) in [5.74, 6) is -0.913. The number of fused-ring (bicyclic) bond motifs is 1. The van der Waals surface area contributed by atoms with Crippen LogP contribution in [0.5, 0.6) is 0 Å². The fourth-order valence-electron chi connectivity index (χ4n) is 5.36. The summed E-state index contributed by atoms with van der Waals surface area (Å²) in [5, 5.41) is 15.3. The summed E-state index contributed by atoms with van der Waals surface area (Å²) < 4.78 is 4.99. The number of nitrogens with zero attached hydrogens (tertiary/aromatic N) is 2. The van der Waals surface area contributed by atoms with Crippen LogP contribution in [0.3, 0.4) is 0 Å². The van der Waals surface area contributed by atoms with Gasteiger partial charge in [0.2, 0.25) is 5.91 Å². The molecule has 0 radical (unpaired) electrons. The molecule has 2 aromatic carbocycles. The molecule has 0 aliphatic heterocycles. The van der Waals surface area contributed by atoms with Crippen molar-refractivity contribution in [3.05, 3.63) is 81.9 Å². The van der Waals surface area contributed by atoms with Gasteiger partial charge in [0.15, 0.2) is 10.8 Å². The normalized spacial score (nSPS) is 24.7. The Balaban J connectivity index is 1.57. The zero-order chi connectivity index (χ0) is 22.5. The lowest BCUT2D eigenvalue weighted by molar-refractivity contribution is -0.127. The van der Waals surface area contributed by atoms with Gasteiger partial charge in [0.1, 0.15) is 5.41 Å². The highest BCUT2D eigenvalue weighted by Crippen LogP contribution is 2.63. The molecule has 0 spiro atoms. The molecule has 6 nitrogen and oxygen atoms in total. The minimum atomic E-state index is -0.896. The molecule has 32 heavy (non-hydrogen) atoms. The highest BCUT2D eigenvalue weighted by Gasteiger charge is 2.61. The first kappa shape index (κ1) is 20.4. The van der Waals surface area contributed by atoms with Crippen molar-refractivity contribution in [3.63, 3.8) is 0 Å². The number of ether oxygens (including phenoxy) is 1. The first-order valence-corrected chi connectivity index (χ1v) is 11.4. The lowest BCUT2D eigenvalue weighted by atomic mass is 9.47. The van der Waals surface area contributed by atoms with Crippen LogP contribution in [-0.4, -0.2) is 23.5 Å². The Labute approximate surface area is 189 Å². The second-order valence-electron chi connectivity index (χ2n) is 8.43. The third-order valence-electron chi connectivity index (χ3n) is 6.65. The van der Waals surface area contributed by atoms with Crippen LogP contribution in [0.2, 0.25) is 0 Å². The number of carbonyl (C=O) groups excluding carboxylic acids is 2. The number of anilines is 1. The van der Waals surface area contributed by atoms with E-state index in [0.29, 0.717) is 11.6 Å². The van der Waals surface area contributed by atoms with E-state index in [1.165, 1.54) is 11.3 Å². The van der Waals surface area contributed by atoms with E-state index >= 15 is 0 Å². The summed E-state index contributed by atoms with van der Waals surface area (Å²) in [6.45, 7) is 3.91. The largest absolute Gasteiger partial charge is 0.461 e. The van der Waals surface area contributed by atoms with Crippen molar-refractivity contribution in [2.24, 2.45) is 5.41 Å². The molecule has 1 heterocycles. The Kier molecular flexibility index (Phi) is 4.64. The zero-order valence-corrected chi connectivity index (χ0v) is 18.5. The van der Waals surface area contributed by atoms with Gasteiger partial charge in [-0.25, -0.2) is 9.78 Å². The number of esters is 1. The van der Waals surface area contributed by atoms with E-state index in [1.54, 1.807) is 12.3 Å². The van der Waals surface area contributed by atoms with Crippen LogP contribution in [0.15, 0.2) is 53.9 Å².